The van der Waals surface area contributed by atoms with E-state index in [4.69, 9.17) is 5.73 Å². The van der Waals surface area contributed by atoms with Crippen LogP contribution in [0.5, 0.6) is 0 Å². The van der Waals surface area contributed by atoms with Crippen LogP contribution in [0.3, 0.4) is 0 Å². The summed E-state index contributed by atoms with van der Waals surface area (Å²) in [6, 6.07) is 0.547. The molecule has 0 aliphatic carbocycles. The molecule has 0 aliphatic rings. The van der Waals surface area contributed by atoms with Gasteiger partial charge in [0, 0.05) is 23.3 Å². The Hall–Kier alpha value is -0.830. The molecule has 0 aliphatic heterocycles. The highest BCUT2D eigenvalue weighted by Crippen LogP contribution is 2.19. The second-order valence-electron chi connectivity index (χ2n) is 3.68. The Morgan fingerprint density at radius 2 is 2.15 bits per heavy atom. The largest absolute Gasteiger partial charge is 0.324 e. The number of hydrogen-bond acceptors (Lipinski definition) is 2. The number of nitrogens with two attached hydrogens (primary N) is 1. The topological polar surface area (TPSA) is 43.8 Å². The third-order valence-electron chi connectivity index (χ3n) is 2.58. The van der Waals surface area contributed by atoms with Crippen LogP contribution in [0.15, 0.2) is 6.20 Å². The molecule has 0 fully saturated rings. The van der Waals surface area contributed by atoms with Gasteiger partial charge in [-0.2, -0.15) is 5.10 Å². The average molecular weight is 181 g/mol. The molecule has 0 spiro atoms. The fourth-order valence-electron chi connectivity index (χ4n) is 1.50. The highest BCUT2D eigenvalue weighted by atomic mass is 15.3. The minimum absolute atomic E-state index is 0.0813. The van der Waals surface area contributed by atoms with Crippen molar-refractivity contribution in [1.29, 1.82) is 0 Å². The summed E-state index contributed by atoms with van der Waals surface area (Å²) in [4.78, 5) is 0. The van der Waals surface area contributed by atoms with E-state index in [9.17, 15) is 0 Å². The summed E-state index contributed by atoms with van der Waals surface area (Å²) in [5.74, 6) is 0. The highest BCUT2D eigenvalue weighted by molar-refractivity contribution is 5.19. The van der Waals surface area contributed by atoms with E-state index in [2.05, 4.69) is 30.6 Å². The van der Waals surface area contributed by atoms with Gasteiger partial charge in [0.15, 0.2) is 0 Å². The molecule has 3 heteroatoms. The van der Waals surface area contributed by atoms with Gasteiger partial charge >= 0.3 is 0 Å². The van der Waals surface area contributed by atoms with Crippen molar-refractivity contribution in [2.24, 2.45) is 5.73 Å². The van der Waals surface area contributed by atoms with E-state index in [0.717, 1.165) is 12.0 Å². The lowest BCUT2D eigenvalue weighted by Crippen LogP contribution is -2.10. The molecular weight excluding hydrogens is 162 g/mol. The Labute approximate surface area is 79.9 Å². The lowest BCUT2D eigenvalue weighted by Gasteiger charge is -2.12. The van der Waals surface area contributed by atoms with Gasteiger partial charge in [0.2, 0.25) is 0 Å². The molecule has 0 saturated heterocycles. The molecule has 3 nitrogen and oxygen atoms in total. The summed E-state index contributed by atoms with van der Waals surface area (Å²) in [5, 5.41) is 4.34. The van der Waals surface area contributed by atoms with Gasteiger partial charge in [0.1, 0.15) is 0 Å². The monoisotopic (exact) mass is 181 g/mol. The van der Waals surface area contributed by atoms with Crippen molar-refractivity contribution < 1.29 is 0 Å². The van der Waals surface area contributed by atoms with Crippen LogP contribution < -0.4 is 5.73 Å². The van der Waals surface area contributed by atoms with Gasteiger partial charge in [0.25, 0.3) is 0 Å². The zero-order valence-corrected chi connectivity index (χ0v) is 8.91. The fourth-order valence-corrected chi connectivity index (χ4v) is 1.50. The van der Waals surface area contributed by atoms with E-state index in [1.807, 2.05) is 13.1 Å². The molecule has 1 heterocycles. The van der Waals surface area contributed by atoms with Gasteiger partial charge in [-0.3, -0.25) is 4.68 Å². The van der Waals surface area contributed by atoms with Crippen LogP contribution in [0.1, 0.15) is 50.5 Å². The van der Waals surface area contributed by atoms with E-state index in [0.29, 0.717) is 6.04 Å². The summed E-state index contributed by atoms with van der Waals surface area (Å²) in [6.45, 7) is 8.41. The molecule has 1 aromatic heterocycles. The van der Waals surface area contributed by atoms with Crippen molar-refractivity contribution in [3.63, 3.8) is 0 Å². The van der Waals surface area contributed by atoms with Gasteiger partial charge in [-0.1, -0.05) is 6.92 Å². The zero-order chi connectivity index (χ0) is 10.0. The summed E-state index contributed by atoms with van der Waals surface area (Å²) in [6.07, 6.45) is 2.98. The maximum Gasteiger partial charge on any atom is 0.0540 e. The molecule has 2 unspecified atom stereocenters. The number of aromatic nitrogens is 2. The van der Waals surface area contributed by atoms with Crippen LogP contribution in [-0.2, 0) is 0 Å². The van der Waals surface area contributed by atoms with Crippen LogP contribution in [-0.4, -0.2) is 9.78 Å². The third-order valence-corrected chi connectivity index (χ3v) is 2.58. The van der Waals surface area contributed by atoms with Gasteiger partial charge in [-0.15, -0.1) is 0 Å². The molecule has 2 N–H and O–H groups in total. The second kappa shape index (κ2) is 3.92. The van der Waals surface area contributed by atoms with E-state index in [1.165, 1.54) is 5.69 Å². The van der Waals surface area contributed by atoms with Gasteiger partial charge in [0.05, 0.1) is 6.20 Å². The Kier molecular flexibility index (Phi) is 3.09. The number of hydrogen-bond donors (Lipinski definition) is 1. The van der Waals surface area contributed by atoms with E-state index >= 15 is 0 Å². The summed E-state index contributed by atoms with van der Waals surface area (Å²) in [5.41, 5.74) is 8.17. The first-order valence-corrected chi connectivity index (χ1v) is 4.87. The smallest absolute Gasteiger partial charge is 0.0540 e. The van der Waals surface area contributed by atoms with Gasteiger partial charge in [-0.25, -0.2) is 0 Å². The fraction of sp³-hybridized carbons (Fsp3) is 0.700. The molecule has 74 valence electrons. The normalized spacial score (nSPS) is 15.8. The Morgan fingerprint density at radius 1 is 1.54 bits per heavy atom. The quantitative estimate of drug-likeness (QED) is 0.776. The molecule has 1 aromatic rings. The first-order valence-electron chi connectivity index (χ1n) is 4.87. The van der Waals surface area contributed by atoms with Crippen LogP contribution in [0.2, 0.25) is 0 Å². The predicted octanol–water partition coefficient (Wildman–Crippen LogP) is 2.18. The summed E-state index contributed by atoms with van der Waals surface area (Å²) in [7, 11) is 0. The van der Waals surface area contributed by atoms with Gasteiger partial charge < -0.3 is 5.73 Å². The van der Waals surface area contributed by atoms with Crippen molar-refractivity contribution >= 4 is 0 Å². The van der Waals surface area contributed by atoms with Crippen molar-refractivity contribution in [2.45, 2.75) is 46.2 Å². The van der Waals surface area contributed by atoms with E-state index in [-0.39, 0.29) is 6.04 Å². The van der Waals surface area contributed by atoms with E-state index < -0.39 is 0 Å². The summed E-state index contributed by atoms with van der Waals surface area (Å²) >= 11 is 0. The molecule has 1 rings (SSSR count). The first kappa shape index (κ1) is 10.3. The maximum atomic E-state index is 5.82. The van der Waals surface area contributed by atoms with Crippen LogP contribution in [0.25, 0.3) is 0 Å². The number of rotatable bonds is 3. The average Bonchev–Trinajstić information content (AvgIpc) is 2.46. The molecule has 2 atom stereocenters. The SMILES string of the molecule is CCC(C)n1ncc(C(C)N)c1C. The van der Waals surface area contributed by atoms with Crippen molar-refractivity contribution in [1.82, 2.24) is 9.78 Å². The second-order valence-corrected chi connectivity index (χ2v) is 3.68. The molecule has 0 radical (unpaired) electrons. The zero-order valence-electron chi connectivity index (χ0n) is 8.91. The standard InChI is InChI=1S/C10H19N3/c1-5-7(2)13-9(4)10(6-12-13)8(3)11/h6-8H,5,11H2,1-4H3. The predicted molar refractivity (Wildman–Crippen MR) is 54.6 cm³/mol. The molecule has 0 aromatic carbocycles. The Balaban J connectivity index is 2.99. The number of nitrogens with zero attached hydrogens (tertiary/aromatic N) is 2. The highest BCUT2D eigenvalue weighted by Gasteiger charge is 2.12. The Bertz CT molecular complexity index is 276. The lowest BCUT2D eigenvalue weighted by molar-refractivity contribution is 0.466. The van der Waals surface area contributed by atoms with Crippen molar-refractivity contribution in [3.8, 4) is 0 Å². The molecule has 13 heavy (non-hydrogen) atoms. The van der Waals surface area contributed by atoms with Gasteiger partial charge in [-0.05, 0) is 27.2 Å². The van der Waals surface area contributed by atoms with Crippen LogP contribution >= 0.6 is 0 Å². The van der Waals surface area contributed by atoms with Crippen LogP contribution in [0.4, 0.5) is 0 Å². The van der Waals surface area contributed by atoms with Crippen molar-refractivity contribution in [2.75, 3.05) is 0 Å². The maximum absolute atomic E-state index is 5.82. The minimum Gasteiger partial charge on any atom is -0.324 e. The molecule has 0 amide bonds. The summed E-state index contributed by atoms with van der Waals surface area (Å²) < 4.78 is 2.05. The lowest BCUT2D eigenvalue weighted by atomic mass is 10.1. The minimum atomic E-state index is 0.0813. The van der Waals surface area contributed by atoms with E-state index in [1.54, 1.807) is 0 Å². The Morgan fingerprint density at radius 3 is 2.54 bits per heavy atom. The molecular formula is C10H19N3. The molecule has 0 saturated carbocycles. The van der Waals surface area contributed by atoms with Crippen LogP contribution in [0, 0.1) is 6.92 Å². The van der Waals surface area contributed by atoms with Crippen molar-refractivity contribution in [3.05, 3.63) is 17.5 Å². The first-order chi connectivity index (χ1) is 6.07. The third kappa shape index (κ3) is 1.91. The molecule has 0 bridgehead atoms.